The van der Waals surface area contributed by atoms with Gasteiger partial charge in [0.2, 0.25) is 6.35 Å². The molecule has 1 fully saturated rings. The normalized spacial score (nSPS) is 22.9. The first kappa shape index (κ1) is 9.75. The summed E-state index contributed by atoms with van der Waals surface area (Å²) in [5.74, 6) is 0. The number of hydrogen-bond donors (Lipinski definition) is 4. The van der Waals surface area contributed by atoms with E-state index in [1.807, 2.05) is 7.05 Å². The molecule has 0 amide bonds. The molecule has 1 aliphatic heterocycles. The largest absolute Gasteiger partial charge is 0.394 e. The van der Waals surface area contributed by atoms with Crippen molar-refractivity contribution in [3.05, 3.63) is 0 Å². The Morgan fingerprint density at radius 1 is 1.60 bits per heavy atom. The fraction of sp³-hybridized carbons (Fsp3) is 1.00. The molecule has 1 saturated heterocycles. The first-order valence-electron chi connectivity index (χ1n) is 2.22. The fourth-order valence-electron chi connectivity index (χ4n) is 0.152. The zero-order chi connectivity index (χ0) is 8.20. The van der Waals surface area contributed by atoms with Gasteiger partial charge in [0.15, 0.2) is 0 Å². The van der Waals surface area contributed by atoms with Crippen molar-refractivity contribution in [3.63, 3.8) is 0 Å². The minimum Gasteiger partial charge on any atom is -0.279 e. The van der Waals surface area contributed by atoms with Crippen LogP contribution >= 0.6 is 0 Å². The maximum Gasteiger partial charge on any atom is 0.394 e. The van der Waals surface area contributed by atoms with Gasteiger partial charge in [0, 0.05) is 0 Å². The van der Waals surface area contributed by atoms with Gasteiger partial charge in [0.25, 0.3) is 0 Å². The average Bonchev–Trinajstić information content (AvgIpc) is 2.39. The molecule has 0 aromatic carbocycles. The summed E-state index contributed by atoms with van der Waals surface area (Å²) < 4.78 is 31.6. The van der Waals surface area contributed by atoms with E-state index in [0.717, 1.165) is 0 Å². The summed E-state index contributed by atoms with van der Waals surface area (Å²) in [5.41, 5.74) is 2.57. The molecule has 1 aliphatic rings. The summed E-state index contributed by atoms with van der Waals surface area (Å²) >= 11 is 0. The summed E-state index contributed by atoms with van der Waals surface area (Å²) in [6.45, 7) is 0. The summed E-state index contributed by atoms with van der Waals surface area (Å²) in [6, 6.07) is 0. The molecule has 1 heterocycles. The van der Waals surface area contributed by atoms with Crippen molar-refractivity contribution in [1.29, 1.82) is 0 Å². The van der Waals surface area contributed by atoms with Crippen LogP contribution in [0.15, 0.2) is 0 Å². The first-order valence-corrected chi connectivity index (χ1v) is 3.61. The van der Waals surface area contributed by atoms with Gasteiger partial charge in [-0.2, -0.15) is 13.9 Å². The van der Waals surface area contributed by atoms with Gasteiger partial charge in [-0.1, -0.05) is 0 Å². The van der Waals surface area contributed by atoms with E-state index in [2.05, 4.69) is 15.6 Å². The molecule has 0 aromatic heterocycles. The topological polar surface area (TPSA) is 121 Å². The van der Waals surface area contributed by atoms with E-state index >= 15 is 0 Å². The maximum atomic E-state index is 8.74. The van der Waals surface area contributed by atoms with Gasteiger partial charge in [-0.3, -0.25) is 19.3 Å². The monoisotopic (exact) mass is 172 g/mol. The van der Waals surface area contributed by atoms with Crippen LogP contribution in [0.3, 0.4) is 0 Å². The van der Waals surface area contributed by atoms with Crippen LogP contribution in [0.5, 0.6) is 0 Å². The SMILES string of the molecule is CNC1NO1.O=S(=O)(O)O. The van der Waals surface area contributed by atoms with Gasteiger partial charge < -0.3 is 0 Å². The zero-order valence-corrected chi connectivity index (χ0v) is 5.92. The quantitative estimate of drug-likeness (QED) is 0.277. The molecule has 0 spiro atoms. The van der Waals surface area contributed by atoms with Crippen LogP contribution in [0.2, 0.25) is 0 Å². The highest BCUT2D eigenvalue weighted by molar-refractivity contribution is 7.79. The van der Waals surface area contributed by atoms with E-state index in [1.165, 1.54) is 0 Å². The number of nitrogens with one attached hydrogen (secondary N) is 2. The Morgan fingerprint density at radius 2 is 1.90 bits per heavy atom. The molecule has 7 nitrogen and oxygen atoms in total. The van der Waals surface area contributed by atoms with Crippen molar-refractivity contribution in [2.24, 2.45) is 0 Å². The molecule has 4 N–H and O–H groups in total. The van der Waals surface area contributed by atoms with Crippen LogP contribution in [0.25, 0.3) is 0 Å². The lowest BCUT2D eigenvalue weighted by molar-refractivity contribution is 0.354. The molecule has 0 aromatic rings. The molecule has 1 atom stereocenters. The molecule has 0 saturated carbocycles. The number of hydroxylamine groups is 1. The second-order valence-corrected chi connectivity index (χ2v) is 2.25. The Balaban J connectivity index is 0.000000162. The lowest BCUT2D eigenvalue weighted by Gasteiger charge is -1.73. The summed E-state index contributed by atoms with van der Waals surface area (Å²) in [6.07, 6.45) is 0.134. The van der Waals surface area contributed by atoms with Gasteiger partial charge in [0.1, 0.15) is 0 Å². The Morgan fingerprint density at radius 3 is 1.90 bits per heavy atom. The van der Waals surface area contributed by atoms with Gasteiger partial charge in [-0.15, -0.1) is 0 Å². The van der Waals surface area contributed by atoms with E-state index in [1.54, 1.807) is 0 Å². The van der Waals surface area contributed by atoms with Crippen LogP contribution in [-0.2, 0) is 15.2 Å². The first-order chi connectivity index (χ1) is 4.43. The molecule has 62 valence electrons. The van der Waals surface area contributed by atoms with Crippen LogP contribution in [0, 0.1) is 0 Å². The predicted octanol–water partition coefficient (Wildman–Crippen LogP) is -1.63. The minimum absolute atomic E-state index is 0.134. The third kappa shape index (κ3) is 15.7. The van der Waals surface area contributed by atoms with E-state index in [9.17, 15) is 0 Å². The smallest absolute Gasteiger partial charge is 0.279 e. The molecule has 1 rings (SSSR count). The molecule has 0 bridgehead atoms. The molecule has 0 radical (unpaired) electrons. The van der Waals surface area contributed by atoms with Crippen molar-refractivity contribution in [3.8, 4) is 0 Å². The lowest BCUT2D eigenvalue weighted by Crippen LogP contribution is -2.11. The number of hydrogen-bond acceptors (Lipinski definition) is 5. The Hall–Kier alpha value is -0.250. The molecule has 1 unspecified atom stereocenters. The fourth-order valence-corrected chi connectivity index (χ4v) is 0.152. The second kappa shape index (κ2) is 3.81. The summed E-state index contributed by atoms with van der Waals surface area (Å²) in [5, 5.41) is 2.81. The standard InChI is InChI=1S/C2H6N2O.H2O4S/c1-3-2-4-5-2;1-5(2,3)4/h2-4H,1H3;(H2,1,2,3,4). The third-order valence-corrected chi connectivity index (χ3v) is 0.498. The van der Waals surface area contributed by atoms with Gasteiger partial charge >= 0.3 is 10.4 Å². The van der Waals surface area contributed by atoms with E-state index in [-0.39, 0.29) is 6.35 Å². The van der Waals surface area contributed by atoms with E-state index in [0.29, 0.717) is 0 Å². The van der Waals surface area contributed by atoms with E-state index < -0.39 is 10.4 Å². The minimum atomic E-state index is -4.67. The highest BCUT2D eigenvalue weighted by Crippen LogP contribution is 1.88. The summed E-state index contributed by atoms with van der Waals surface area (Å²) in [7, 11) is -2.84. The molecular formula is C2H8N2O5S. The molecular weight excluding hydrogens is 164 g/mol. The molecule has 0 aliphatic carbocycles. The van der Waals surface area contributed by atoms with Crippen molar-refractivity contribution < 1.29 is 22.4 Å². The predicted molar refractivity (Wildman–Crippen MR) is 31.2 cm³/mol. The Labute approximate surface area is 57.9 Å². The number of rotatable bonds is 1. The zero-order valence-electron chi connectivity index (χ0n) is 5.10. The molecule has 10 heavy (non-hydrogen) atoms. The van der Waals surface area contributed by atoms with E-state index in [4.69, 9.17) is 17.5 Å². The van der Waals surface area contributed by atoms with Gasteiger partial charge in [0.05, 0.1) is 0 Å². The molecule has 8 heteroatoms. The van der Waals surface area contributed by atoms with Crippen LogP contribution in [-0.4, -0.2) is 30.9 Å². The van der Waals surface area contributed by atoms with Gasteiger partial charge in [-0.05, 0) is 7.05 Å². The highest BCUT2D eigenvalue weighted by atomic mass is 32.3. The van der Waals surface area contributed by atoms with Crippen molar-refractivity contribution in [1.82, 2.24) is 10.8 Å². The summed E-state index contributed by atoms with van der Waals surface area (Å²) in [4.78, 5) is 4.50. The van der Waals surface area contributed by atoms with Crippen molar-refractivity contribution in [2.75, 3.05) is 7.05 Å². The lowest BCUT2D eigenvalue weighted by atomic mass is 11.1. The Kier molecular flexibility index (Phi) is 3.71. The van der Waals surface area contributed by atoms with Crippen LogP contribution in [0.1, 0.15) is 0 Å². The van der Waals surface area contributed by atoms with Crippen LogP contribution in [0.4, 0.5) is 0 Å². The second-order valence-electron chi connectivity index (χ2n) is 1.35. The highest BCUT2D eigenvalue weighted by Gasteiger charge is 2.17. The van der Waals surface area contributed by atoms with Crippen molar-refractivity contribution in [2.45, 2.75) is 6.35 Å². The average molecular weight is 172 g/mol. The van der Waals surface area contributed by atoms with Gasteiger partial charge in [-0.25, -0.2) is 0 Å². The third-order valence-electron chi connectivity index (χ3n) is 0.498. The Bertz CT molecular complexity index is 164. The maximum absolute atomic E-state index is 8.74. The van der Waals surface area contributed by atoms with Crippen LogP contribution < -0.4 is 10.8 Å². The van der Waals surface area contributed by atoms with Crippen molar-refractivity contribution >= 4 is 10.4 Å².